The lowest BCUT2D eigenvalue weighted by Crippen LogP contribution is -2.47. The molecule has 1 saturated heterocycles. The molecule has 1 aromatic heterocycles. The van der Waals surface area contributed by atoms with Gasteiger partial charge < -0.3 is 14.3 Å². The number of nitrogens with zero attached hydrogens (tertiary/aromatic N) is 1. The second kappa shape index (κ2) is 4.74. The lowest BCUT2D eigenvalue weighted by atomic mass is 10.1. The van der Waals surface area contributed by atoms with E-state index in [0.29, 0.717) is 24.5 Å². The smallest absolute Gasteiger partial charge is 0.339 e. The molecule has 18 heavy (non-hydrogen) atoms. The highest BCUT2D eigenvalue weighted by Crippen LogP contribution is 2.31. The van der Waals surface area contributed by atoms with Crippen LogP contribution in [-0.2, 0) is 11.3 Å². The number of ether oxygens (including phenoxy) is 1. The Morgan fingerprint density at radius 2 is 2.39 bits per heavy atom. The van der Waals surface area contributed by atoms with Gasteiger partial charge in [0.15, 0.2) is 0 Å². The molecule has 1 saturated carbocycles. The lowest BCUT2D eigenvalue weighted by molar-refractivity contribution is -0.0607. The molecule has 0 amide bonds. The molecule has 2 fully saturated rings. The lowest BCUT2D eigenvalue weighted by Gasteiger charge is -2.37. The molecular formula is C13H17NO4. The zero-order chi connectivity index (χ0) is 12.5. The quantitative estimate of drug-likeness (QED) is 0.886. The van der Waals surface area contributed by atoms with Gasteiger partial charge in [0.25, 0.3) is 0 Å². The zero-order valence-electron chi connectivity index (χ0n) is 10.2. The van der Waals surface area contributed by atoms with Crippen molar-refractivity contribution in [1.29, 1.82) is 0 Å². The number of aromatic carboxylic acids is 1. The second-order valence-electron chi connectivity index (χ2n) is 4.94. The summed E-state index contributed by atoms with van der Waals surface area (Å²) in [5.41, 5.74) is 0.274. The summed E-state index contributed by atoms with van der Waals surface area (Å²) in [6.45, 7) is 2.14. The molecule has 0 bridgehead atoms. The summed E-state index contributed by atoms with van der Waals surface area (Å²) in [4.78, 5) is 13.3. The average Bonchev–Trinajstić information content (AvgIpc) is 2.96. The molecule has 0 aromatic carbocycles. The zero-order valence-corrected chi connectivity index (χ0v) is 10.2. The second-order valence-corrected chi connectivity index (χ2v) is 4.94. The van der Waals surface area contributed by atoms with E-state index in [1.165, 1.54) is 18.8 Å². The number of morpholine rings is 1. The van der Waals surface area contributed by atoms with Gasteiger partial charge in [-0.2, -0.15) is 0 Å². The Hall–Kier alpha value is -1.33. The van der Waals surface area contributed by atoms with Crippen LogP contribution in [-0.4, -0.2) is 41.3 Å². The van der Waals surface area contributed by atoms with E-state index in [0.717, 1.165) is 26.0 Å². The molecule has 5 heteroatoms. The first-order valence-electron chi connectivity index (χ1n) is 6.41. The molecule has 1 aromatic rings. The molecule has 0 radical (unpaired) electrons. The van der Waals surface area contributed by atoms with Gasteiger partial charge in [0.05, 0.1) is 25.5 Å². The maximum atomic E-state index is 11.0. The number of carbonyl (C=O) groups is 1. The van der Waals surface area contributed by atoms with Crippen molar-refractivity contribution < 1.29 is 19.1 Å². The Balaban J connectivity index is 1.75. The number of hydrogen-bond donors (Lipinski definition) is 1. The van der Waals surface area contributed by atoms with Gasteiger partial charge in [-0.25, -0.2) is 4.79 Å². The van der Waals surface area contributed by atoms with Gasteiger partial charge in [-0.1, -0.05) is 0 Å². The predicted octanol–water partition coefficient (Wildman–Crippen LogP) is 1.73. The monoisotopic (exact) mass is 251 g/mol. The minimum Gasteiger partial charge on any atom is -0.478 e. The van der Waals surface area contributed by atoms with Crippen molar-refractivity contribution in [3.63, 3.8) is 0 Å². The summed E-state index contributed by atoms with van der Waals surface area (Å²) < 4.78 is 11.1. The van der Waals surface area contributed by atoms with Crippen LogP contribution in [0.1, 0.15) is 35.4 Å². The molecule has 1 aliphatic heterocycles. The fourth-order valence-electron chi connectivity index (χ4n) is 3.04. The van der Waals surface area contributed by atoms with Crippen molar-refractivity contribution >= 4 is 5.97 Å². The summed E-state index contributed by atoms with van der Waals surface area (Å²) in [5.74, 6) is -0.370. The van der Waals surface area contributed by atoms with E-state index in [2.05, 4.69) is 4.90 Å². The first kappa shape index (κ1) is 11.7. The van der Waals surface area contributed by atoms with Crippen molar-refractivity contribution in [2.75, 3.05) is 13.2 Å². The Labute approximate surface area is 105 Å². The van der Waals surface area contributed by atoms with Crippen molar-refractivity contribution in [3.05, 3.63) is 23.7 Å². The highest BCUT2D eigenvalue weighted by atomic mass is 16.5. The van der Waals surface area contributed by atoms with Gasteiger partial charge in [-0.3, -0.25) is 4.90 Å². The maximum Gasteiger partial charge on any atom is 0.339 e. The number of fused-ring (bicyclic) bond motifs is 1. The van der Waals surface area contributed by atoms with Crippen LogP contribution in [0.25, 0.3) is 0 Å². The number of furan rings is 1. The number of carboxylic acids is 1. The molecular weight excluding hydrogens is 234 g/mol. The highest BCUT2D eigenvalue weighted by molar-refractivity contribution is 5.88. The topological polar surface area (TPSA) is 62.9 Å². The average molecular weight is 251 g/mol. The van der Waals surface area contributed by atoms with E-state index in [1.54, 1.807) is 0 Å². The molecule has 5 nitrogen and oxygen atoms in total. The van der Waals surface area contributed by atoms with E-state index in [-0.39, 0.29) is 5.56 Å². The van der Waals surface area contributed by atoms with Crippen molar-refractivity contribution in [2.24, 2.45) is 0 Å². The van der Waals surface area contributed by atoms with Crippen LogP contribution in [0.15, 0.2) is 16.7 Å². The fraction of sp³-hybridized carbons (Fsp3) is 0.615. The van der Waals surface area contributed by atoms with Gasteiger partial charge in [0.1, 0.15) is 11.3 Å². The van der Waals surface area contributed by atoms with Crippen LogP contribution in [0.5, 0.6) is 0 Å². The van der Waals surface area contributed by atoms with E-state index >= 15 is 0 Å². The Morgan fingerprint density at radius 1 is 1.50 bits per heavy atom. The standard InChI is InChI=1S/C13H17NO4/c15-13(16)9-4-6-17-12(9)8-14-5-7-18-11-3-1-2-10(11)14/h4,6,10-11H,1-3,5,7-8H2,(H,15,16). The molecule has 2 unspecified atom stereocenters. The van der Waals surface area contributed by atoms with E-state index in [9.17, 15) is 4.79 Å². The molecule has 98 valence electrons. The van der Waals surface area contributed by atoms with E-state index in [1.807, 2.05) is 0 Å². The molecule has 2 heterocycles. The Bertz CT molecular complexity index is 442. The van der Waals surface area contributed by atoms with Gasteiger partial charge in [-0.15, -0.1) is 0 Å². The maximum absolute atomic E-state index is 11.0. The minimum atomic E-state index is -0.921. The first-order chi connectivity index (χ1) is 8.75. The van der Waals surface area contributed by atoms with Crippen LogP contribution in [0.4, 0.5) is 0 Å². The van der Waals surface area contributed by atoms with Gasteiger partial charge in [0, 0.05) is 12.6 Å². The Kier molecular flexibility index (Phi) is 3.09. The van der Waals surface area contributed by atoms with Crippen LogP contribution in [0.2, 0.25) is 0 Å². The predicted molar refractivity (Wildman–Crippen MR) is 63.5 cm³/mol. The summed E-state index contributed by atoms with van der Waals surface area (Å²) >= 11 is 0. The normalized spacial score (nSPS) is 28.2. The minimum absolute atomic E-state index is 0.274. The van der Waals surface area contributed by atoms with Gasteiger partial charge in [-0.05, 0) is 25.3 Å². The molecule has 1 N–H and O–H groups in total. The number of rotatable bonds is 3. The number of carboxylic acid groups (broad SMARTS) is 1. The third kappa shape index (κ3) is 2.04. The molecule has 2 atom stereocenters. The van der Waals surface area contributed by atoms with Gasteiger partial charge >= 0.3 is 5.97 Å². The summed E-state index contributed by atoms with van der Waals surface area (Å²) in [6, 6.07) is 1.94. The molecule has 3 rings (SSSR count). The fourth-order valence-corrected chi connectivity index (χ4v) is 3.04. The van der Waals surface area contributed by atoms with Crippen molar-refractivity contribution in [2.45, 2.75) is 38.0 Å². The summed E-state index contributed by atoms with van der Waals surface area (Å²) in [6.07, 6.45) is 5.21. The Morgan fingerprint density at radius 3 is 3.22 bits per heavy atom. The van der Waals surface area contributed by atoms with E-state index < -0.39 is 5.97 Å². The van der Waals surface area contributed by atoms with Crippen LogP contribution < -0.4 is 0 Å². The number of hydrogen-bond acceptors (Lipinski definition) is 4. The molecule has 1 aliphatic carbocycles. The van der Waals surface area contributed by atoms with Crippen LogP contribution >= 0.6 is 0 Å². The van der Waals surface area contributed by atoms with Crippen molar-refractivity contribution in [1.82, 2.24) is 4.90 Å². The summed E-state index contributed by atoms with van der Waals surface area (Å²) in [7, 11) is 0. The largest absolute Gasteiger partial charge is 0.478 e. The third-order valence-corrected chi connectivity index (χ3v) is 3.92. The molecule has 0 spiro atoms. The van der Waals surface area contributed by atoms with Crippen LogP contribution in [0.3, 0.4) is 0 Å². The van der Waals surface area contributed by atoms with Gasteiger partial charge in [0.2, 0.25) is 0 Å². The first-order valence-corrected chi connectivity index (χ1v) is 6.41. The third-order valence-electron chi connectivity index (χ3n) is 3.92. The van der Waals surface area contributed by atoms with Crippen LogP contribution in [0, 0.1) is 0 Å². The SMILES string of the molecule is O=C(O)c1ccoc1CN1CCOC2CCCC21. The van der Waals surface area contributed by atoms with Crippen molar-refractivity contribution in [3.8, 4) is 0 Å². The molecule has 2 aliphatic rings. The highest BCUT2D eigenvalue weighted by Gasteiger charge is 2.36. The van der Waals surface area contributed by atoms with E-state index in [4.69, 9.17) is 14.3 Å². The summed E-state index contributed by atoms with van der Waals surface area (Å²) in [5, 5.41) is 9.07.